The highest BCUT2D eigenvalue weighted by Gasteiger charge is 2.30. The van der Waals surface area contributed by atoms with Gasteiger partial charge < -0.3 is 15.3 Å². The zero-order valence-electron chi connectivity index (χ0n) is 14.0. The van der Waals surface area contributed by atoms with E-state index in [0.717, 1.165) is 17.3 Å². The number of carbonyl (C=O) groups is 3. The molecule has 0 spiro atoms. The Morgan fingerprint density at radius 1 is 1.46 bits per heavy atom. The first-order valence-electron chi connectivity index (χ1n) is 7.87. The molecule has 3 rings (SSSR count). The van der Waals surface area contributed by atoms with Gasteiger partial charge in [0.05, 0.1) is 16.6 Å². The van der Waals surface area contributed by atoms with Gasteiger partial charge in [-0.25, -0.2) is 10.2 Å². The molecule has 2 heterocycles. The first-order chi connectivity index (χ1) is 12.4. The Kier molecular flexibility index (Phi) is 4.94. The van der Waals surface area contributed by atoms with Crippen molar-refractivity contribution in [2.45, 2.75) is 31.6 Å². The van der Waals surface area contributed by atoms with Crippen LogP contribution in [-0.2, 0) is 14.4 Å². The molecule has 0 aliphatic carbocycles. The van der Waals surface area contributed by atoms with Crippen LogP contribution < -0.4 is 10.7 Å². The number of thioether (sulfide) groups is 1. The van der Waals surface area contributed by atoms with Gasteiger partial charge in [0, 0.05) is 5.56 Å². The van der Waals surface area contributed by atoms with Gasteiger partial charge in [-0.2, -0.15) is 5.10 Å². The summed E-state index contributed by atoms with van der Waals surface area (Å²) in [6.45, 7) is 3.50. The van der Waals surface area contributed by atoms with Crippen LogP contribution in [0.5, 0.6) is 0 Å². The van der Waals surface area contributed by atoms with Gasteiger partial charge in [0.2, 0.25) is 6.10 Å². The quantitative estimate of drug-likeness (QED) is 0.672. The molecule has 2 amide bonds. The molecular formula is C16H16N4O5S. The van der Waals surface area contributed by atoms with E-state index in [4.69, 9.17) is 9.94 Å². The topological polar surface area (TPSA) is 129 Å². The minimum atomic E-state index is -1.15. The third-order valence-electron chi connectivity index (χ3n) is 3.89. The Balaban J connectivity index is 1.93. The minimum absolute atomic E-state index is 0.00213. The number of amides is 2. The van der Waals surface area contributed by atoms with E-state index < -0.39 is 18.0 Å². The molecule has 0 fully saturated rings. The summed E-state index contributed by atoms with van der Waals surface area (Å²) in [5, 5.41) is 19.1. The van der Waals surface area contributed by atoms with Crippen molar-refractivity contribution in [1.82, 2.24) is 5.43 Å². The van der Waals surface area contributed by atoms with E-state index >= 15 is 0 Å². The highest BCUT2D eigenvalue weighted by molar-refractivity contribution is 8.14. The Bertz CT molecular complexity index is 851. The average molecular weight is 376 g/mol. The van der Waals surface area contributed by atoms with Crippen LogP contribution in [0.1, 0.15) is 31.4 Å². The number of hydrogen-bond acceptors (Lipinski definition) is 7. The second-order valence-electron chi connectivity index (χ2n) is 5.65. The molecule has 0 radical (unpaired) electrons. The number of carboxylic acid groups (broad SMARTS) is 1. The van der Waals surface area contributed by atoms with Crippen LogP contribution >= 0.6 is 11.8 Å². The average Bonchev–Trinajstić information content (AvgIpc) is 2.90. The Morgan fingerprint density at radius 2 is 2.23 bits per heavy atom. The number of oxime groups is 1. The van der Waals surface area contributed by atoms with Crippen LogP contribution in [0.2, 0.25) is 0 Å². The number of carbonyl (C=O) groups excluding carboxylic acids is 2. The second kappa shape index (κ2) is 7.16. The lowest BCUT2D eigenvalue weighted by Crippen LogP contribution is -2.29. The standard InChI is InChI=1S/C16H16N4O5S/c1-3-11(15(22)23)25-20-13-9-6-8(4-5-10(9)17-14(13)21)12-7(2)26-16(24)19-18-12/h4-7,11H,3H2,1-2H3,(H,19,24)(H,22,23)(H,17,20,21). The number of rotatable bonds is 5. The van der Waals surface area contributed by atoms with Crippen molar-refractivity contribution in [3.05, 3.63) is 29.3 Å². The van der Waals surface area contributed by atoms with Gasteiger partial charge >= 0.3 is 5.97 Å². The summed E-state index contributed by atoms with van der Waals surface area (Å²) in [5.41, 5.74) is 4.84. The van der Waals surface area contributed by atoms with E-state index in [1.807, 2.05) is 6.92 Å². The normalized spacial score (nSPS) is 21.5. The number of hydrazone groups is 1. The molecule has 9 nitrogen and oxygen atoms in total. The zero-order chi connectivity index (χ0) is 18.8. The number of nitrogens with one attached hydrogen (secondary N) is 2. The van der Waals surface area contributed by atoms with Crippen molar-refractivity contribution in [2.24, 2.45) is 10.3 Å². The molecule has 136 valence electrons. The SMILES string of the molecule is CCC(O/N=C1\C(=O)Nc2ccc(C3=NNC(=O)SC3C)cc21)C(=O)O. The van der Waals surface area contributed by atoms with Crippen LogP contribution in [0.15, 0.2) is 28.5 Å². The summed E-state index contributed by atoms with van der Waals surface area (Å²) < 4.78 is 0. The van der Waals surface area contributed by atoms with E-state index in [0.29, 0.717) is 17.0 Å². The first kappa shape index (κ1) is 17.9. The van der Waals surface area contributed by atoms with Crippen LogP contribution in [0, 0.1) is 0 Å². The van der Waals surface area contributed by atoms with E-state index in [2.05, 4.69) is 21.0 Å². The van der Waals surface area contributed by atoms with Gasteiger partial charge in [0.15, 0.2) is 5.71 Å². The Hall–Kier alpha value is -2.88. The monoisotopic (exact) mass is 376 g/mol. The molecule has 0 aromatic heterocycles. The lowest BCUT2D eigenvalue weighted by Gasteiger charge is -2.18. The van der Waals surface area contributed by atoms with Gasteiger partial charge in [-0.3, -0.25) is 9.59 Å². The lowest BCUT2D eigenvalue weighted by molar-refractivity contribution is -0.150. The van der Waals surface area contributed by atoms with Crippen molar-refractivity contribution >= 4 is 46.0 Å². The third kappa shape index (κ3) is 3.40. The molecule has 1 aromatic rings. The second-order valence-corrected chi connectivity index (χ2v) is 6.96. The predicted octanol–water partition coefficient (Wildman–Crippen LogP) is 1.77. The van der Waals surface area contributed by atoms with E-state index in [-0.39, 0.29) is 22.6 Å². The third-order valence-corrected chi connectivity index (χ3v) is 4.77. The number of hydrogen-bond donors (Lipinski definition) is 3. The van der Waals surface area contributed by atoms with Gasteiger partial charge in [0.1, 0.15) is 0 Å². The highest BCUT2D eigenvalue weighted by atomic mass is 32.2. The fraction of sp³-hybridized carbons (Fsp3) is 0.312. The smallest absolute Gasteiger partial charge is 0.347 e. The van der Waals surface area contributed by atoms with Crippen molar-refractivity contribution in [3.8, 4) is 0 Å². The summed E-state index contributed by atoms with van der Waals surface area (Å²) in [4.78, 5) is 39.6. The number of carboxylic acids is 1. The molecule has 0 saturated carbocycles. The van der Waals surface area contributed by atoms with Gasteiger partial charge in [0.25, 0.3) is 11.1 Å². The van der Waals surface area contributed by atoms with Gasteiger partial charge in [-0.1, -0.05) is 29.9 Å². The van der Waals surface area contributed by atoms with E-state index in [1.54, 1.807) is 25.1 Å². The summed E-state index contributed by atoms with van der Waals surface area (Å²) in [6, 6.07) is 5.20. The molecule has 2 aliphatic rings. The predicted molar refractivity (Wildman–Crippen MR) is 96.5 cm³/mol. The first-order valence-corrected chi connectivity index (χ1v) is 8.75. The summed E-state index contributed by atoms with van der Waals surface area (Å²) in [7, 11) is 0. The van der Waals surface area contributed by atoms with E-state index in [9.17, 15) is 14.4 Å². The van der Waals surface area contributed by atoms with Gasteiger partial charge in [-0.05, 0) is 31.0 Å². The van der Waals surface area contributed by atoms with E-state index in [1.165, 1.54) is 0 Å². The molecule has 2 atom stereocenters. The Morgan fingerprint density at radius 3 is 2.88 bits per heavy atom. The van der Waals surface area contributed by atoms with Crippen molar-refractivity contribution < 1.29 is 24.3 Å². The summed E-state index contributed by atoms with van der Waals surface area (Å²) >= 11 is 1.12. The maximum absolute atomic E-state index is 12.1. The fourth-order valence-corrected chi connectivity index (χ4v) is 3.27. The molecule has 26 heavy (non-hydrogen) atoms. The van der Waals surface area contributed by atoms with Crippen LogP contribution in [0.4, 0.5) is 10.5 Å². The zero-order valence-corrected chi connectivity index (χ0v) is 14.8. The molecule has 3 N–H and O–H groups in total. The Labute approximate surface area is 152 Å². The highest BCUT2D eigenvalue weighted by Crippen LogP contribution is 2.28. The number of benzene rings is 1. The molecule has 0 saturated heterocycles. The summed E-state index contributed by atoms with van der Waals surface area (Å²) in [5.74, 6) is -1.62. The molecule has 1 aromatic carbocycles. The van der Waals surface area contributed by atoms with Crippen LogP contribution in [0.25, 0.3) is 0 Å². The maximum Gasteiger partial charge on any atom is 0.347 e. The lowest BCUT2D eigenvalue weighted by atomic mass is 10.0. The van der Waals surface area contributed by atoms with Crippen LogP contribution in [0.3, 0.4) is 0 Å². The molecule has 2 unspecified atom stereocenters. The number of nitrogens with zero attached hydrogens (tertiary/aromatic N) is 2. The summed E-state index contributed by atoms with van der Waals surface area (Å²) in [6.07, 6.45) is -0.914. The van der Waals surface area contributed by atoms with Crippen molar-refractivity contribution in [3.63, 3.8) is 0 Å². The number of aliphatic carboxylic acids is 1. The van der Waals surface area contributed by atoms with Crippen molar-refractivity contribution in [1.29, 1.82) is 0 Å². The van der Waals surface area contributed by atoms with Gasteiger partial charge in [-0.15, -0.1) is 0 Å². The van der Waals surface area contributed by atoms with Crippen LogP contribution in [-0.4, -0.2) is 45.0 Å². The molecular weight excluding hydrogens is 360 g/mol. The fourth-order valence-electron chi connectivity index (χ4n) is 2.55. The number of fused-ring (bicyclic) bond motifs is 1. The largest absolute Gasteiger partial charge is 0.478 e. The molecule has 2 aliphatic heterocycles. The van der Waals surface area contributed by atoms with Crippen molar-refractivity contribution in [2.75, 3.05) is 5.32 Å². The maximum atomic E-state index is 12.1. The molecule has 0 bridgehead atoms. The molecule has 10 heteroatoms. The minimum Gasteiger partial charge on any atom is -0.478 e. The number of anilines is 1.